The van der Waals surface area contributed by atoms with Gasteiger partial charge in [-0.25, -0.2) is 0 Å². The topological polar surface area (TPSA) is 118 Å². The summed E-state index contributed by atoms with van der Waals surface area (Å²) >= 11 is 0. The van der Waals surface area contributed by atoms with Gasteiger partial charge in [-0.1, -0.05) is 0 Å². The zero-order chi connectivity index (χ0) is 20.0. The number of nitrogens with one attached hydrogen (secondary N) is 1. The number of nitro groups is 1. The lowest BCUT2D eigenvalue weighted by Crippen LogP contribution is -2.27. The minimum absolute atomic E-state index is 0.0881. The number of hydrogen-bond acceptors (Lipinski definition) is 7. The van der Waals surface area contributed by atoms with Gasteiger partial charge in [-0.2, -0.15) is 0 Å². The second kappa shape index (κ2) is 8.88. The summed E-state index contributed by atoms with van der Waals surface area (Å²) in [5, 5.41) is 17.7. The Morgan fingerprint density at radius 1 is 1.30 bits per heavy atom. The summed E-state index contributed by atoms with van der Waals surface area (Å²) in [6.45, 7) is 2.01. The number of nitrogens with zero attached hydrogens (tertiary/aromatic N) is 3. The third-order valence-electron chi connectivity index (χ3n) is 3.95. The molecule has 0 saturated carbocycles. The highest BCUT2D eigenvalue weighted by Gasteiger charge is 2.21. The molecule has 1 N–H and O–H groups in total. The van der Waals surface area contributed by atoms with E-state index in [4.69, 9.17) is 14.2 Å². The Balaban J connectivity index is 2.01. The van der Waals surface area contributed by atoms with Gasteiger partial charge in [0.25, 0.3) is 0 Å². The van der Waals surface area contributed by atoms with Crippen molar-refractivity contribution in [3.8, 4) is 17.4 Å². The maximum Gasteiger partial charge on any atom is 0.350 e. The average molecular weight is 378 g/mol. The van der Waals surface area contributed by atoms with E-state index in [1.807, 2.05) is 6.92 Å². The summed E-state index contributed by atoms with van der Waals surface area (Å²) in [7, 11) is 4.42. The van der Waals surface area contributed by atoms with Gasteiger partial charge in [0.05, 0.1) is 38.8 Å². The molecule has 2 rings (SSSR count). The molecule has 0 aliphatic carbocycles. The highest BCUT2D eigenvalue weighted by Crippen LogP contribution is 2.29. The zero-order valence-corrected chi connectivity index (χ0v) is 15.6. The lowest BCUT2D eigenvalue weighted by Gasteiger charge is -2.18. The molecule has 146 valence electrons. The van der Waals surface area contributed by atoms with Gasteiger partial charge < -0.3 is 19.5 Å². The second-order valence-corrected chi connectivity index (χ2v) is 5.69. The Morgan fingerprint density at radius 3 is 2.59 bits per heavy atom. The second-order valence-electron chi connectivity index (χ2n) is 5.69. The molecule has 0 aliphatic heterocycles. The molecule has 1 unspecified atom stereocenters. The largest absolute Gasteiger partial charge is 0.497 e. The Bertz CT molecular complexity index is 820. The number of ether oxygens (including phenoxy) is 3. The van der Waals surface area contributed by atoms with E-state index in [0.717, 1.165) is 5.56 Å². The molecule has 1 aromatic carbocycles. The smallest absolute Gasteiger partial charge is 0.350 e. The Hall–Kier alpha value is -3.30. The maximum atomic E-state index is 12.3. The van der Waals surface area contributed by atoms with E-state index in [1.165, 1.54) is 18.0 Å². The molecular weight excluding hydrogens is 356 g/mol. The van der Waals surface area contributed by atoms with Crippen LogP contribution in [0.5, 0.6) is 17.4 Å². The lowest BCUT2D eigenvalue weighted by atomic mass is 10.1. The molecule has 0 aliphatic rings. The van der Waals surface area contributed by atoms with E-state index in [2.05, 4.69) is 10.4 Å². The number of benzene rings is 1. The lowest BCUT2D eigenvalue weighted by molar-refractivity contribution is -0.385. The monoisotopic (exact) mass is 378 g/mol. The minimum Gasteiger partial charge on any atom is -0.497 e. The first-order chi connectivity index (χ1) is 12.9. The third kappa shape index (κ3) is 4.87. The van der Waals surface area contributed by atoms with Crippen LogP contribution >= 0.6 is 0 Å². The maximum absolute atomic E-state index is 12.3. The fourth-order valence-corrected chi connectivity index (χ4v) is 2.56. The molecule has 1 heterocycles. The fourth-order valence-electron chi connectivity index (χ4n) is 2.56. The quantitative estimate of drug-likeness (QED) is 0.524. The van der Waals surface area contributed by atoms with Crippen LogP contribution in [0.25, 0.3) is 0 Å². The Labute approximate surface area is 156 Å². The number of aryl methyl sites for hydroxylation is 1. The van der Waals surface area contributed by atoms with Crippen molar-refractivity contribution in [2.75, 3.05) is 21.3 Å². The third-order valence-corrected chi connectivity index (χ3v) is 3.95. The highest BCUT2D eigenvalue weighted by molar-refractivity contribution is 5.76. The standard InChI is InChI=1S/C17H22N4O6/c1-11(13-9-12(25-2)5-6-15(13)26-3)18-16(22)7-8-20-10-14(21(23)24)17(19-20)27-4/h5-6,9-11H,7-8H2,1-4H3,(H,18,22). The van der Waals surface area contributed by atoms with E-state index < -0.39 is 4.92 Å². The summed E-state index contributed by atoms with van der Waals surface area (Å²) in [4.78, 5) is 22.6. The Morgan fingerprint density at radius 2 is 2.04 bits per heavy atom. The predicted molar refractivity (Wildman–Crippen MR) is 96.2 cm³/mol. The molecule has 1 amide bonds. The molecule has 0 bridgehead atoms. The van der Waals surface area contributed by atoms with Crippen molar-refractivity contribution in [2.24, 2.45) is 0 Å². The fraction of sp³-hybridized carbons (Fsp3) is 0.412. The van der Waals surface area contributed by atoms with Gasteiger partial charge in [0, 0.05) is 12.0 Å². The molecule has 0 saturated heterocycles. The molecular formula is C17H22N4O6. The summed E-state index contributed by atoms with van der Waals surface area (Å²) < 4.78 is 16.7. The van der Waals surface area contributed by atoms with Crippen LogP contribution in [0.1, 0.15) is 24.9 Å². The number of carbonyl (C=O) groups is 1. The summed E-state index contributed by atoms with van der Waals surface area (Å²) in [6.07, 6.45) is 1.33. The van der Waals surface area contributed by atoms with Gasteiger partial charge >= 0.3 is 11.6 Å². The van der Waals surface area contributed by atoms with Crippen LogP contribution < -0.4 is 19.5 Å². The van der Waals surface area contributed by atoms with Gasteiger partial charge in [0.2, 0.25) is 5.91 Å². The van der Waals surface area contributed by atoms with Crippen LogP contribution in [0.3, 0.4) is 0 Å². The number of aromatic nitrogens is 2. The number of hydrogen-bond donors (Lipinski definition) is 1. The predicted octanol–water partition coefficient (Wildman–Crippen LogP) is 2.08. The normalized spacial score (nSPS) is 11.6. The number of methoxy groups -OCH3 is 3. The van der Waals surface area contributed by atoms with Crippen molar-refractivity contribution in [1.82, 2.24) is 15.1 Å². The molecule has 0 radical (unpaired) electrons. The van der Waals surface area contributed by atoms with Crippen molar-refractivity contribution in [3.63, 3.8) is 0 Å². The molecule has 10 nitrogen and oxygen atoms in total. The van der Waals surface area contributed by atoms with Gasteiger partial charge in [-0.3, -0.25) is 19.6 Å². The zero-order valence-electron chi connectivity index (χ0n) is 15.6. The first kappa shape index (κ1) is 20.0. The van der Waals surface area contributed by atoms with E-state index >= 15 is 0 Å². The number of carbonyl (C=O) groups excluding carboxylic acids is 1. The molecule has 0 spiro atoms. The molecule has 1 atom stereocenters. The van der Waals surface area contributed by atoms with E-state index in [1.54, 1.807) is 32.4 Å². The van der Waals surface area contributed by atoms with Gasteiger partial charge in [-0.15, -0.1) is 5.10 Å². The first-order valence-electron chi connectivity index (χ1n) is 8.16. The van der Waals surface area contributed by atoms with Crippen molar-refractivity contribution in [1.29, 1.82) is 0 Å². The number of rotatable bonds is 9. The average Bonchev–Trinajstić information content (AvgIpc) is 3.09. The van der Waals surface area contributed by atoms with E-state index in [-0.39, 0.29) is 36.5 Å². The Kier molecular flexibility index (Phi) is 6.58. The van der Waals surface area contributed by atoms with Crippen LogP contribution in [-0.4, -0.2) is 41.9 Å². The molecule has 0 fully saturated rings. The first-order valence-corrected chi connectivity index (χ1v) is 8.16. The summed E-state index contributed by atoms with van der Waals surface area (Å²) in [6, 6.07) is 5.02. The summed E-state index contributed by atoms with van der Waals surface area (Å²) in [5.74, 6) is 0.971. The SMILES string of the molecule is COc1ccc(OC)c(C(C)NC(=O)CCn2cc([N+](=O)[O-])c(OC)n2)c1. The van der Waals surface area contributed by atoms with Crippen molar-refractivity contribution in [3.05, 3.63) is 40.1 Å². The van der Waals surface area contributed by atoms with Crippen LogP contribution in [-0.2, 0) is 11.3 Å². The van der Waals surface area contributed by atoms with E-state index in [9.17, 15) is 14.9 Å². The van der Waals surface area contributed by atoms with Crippen molar-refractivity contribution in [2.45, 2.75) is 25.9 Å². The minimum atomic E-state index is -0.584. The molecule has 1 aromatic heterocycles. The molecule has 27 heavy (non-hydrogen) atoms. The van der Waals surface area contributed by atoms with Crippen LogP contribution in [0.15, 0.2) is 24.4 Å². The van der Waals surface area contributed by atoms with Gasteiger partial charge in [-0.05, 0) is 25.1 Å². The van der Waals surface area contributed by atoms with Crippen molar-refractivity contribution >= 4 is 11.6 Å². The summed E-state index contributed by atoms with van der Waals surface area (Å²) in [5.41, 5.74) is 0.536. The van der Waals surface area contributed by atoms with Gasteiger partial charge in [0.1, 0.15) is 17.7 Å². The molecule has 2 aromatic rings. The van der Waals surface area contributed by atoms with Gasteiger partial charge in [0.15, 0.2) is 0 Å². The number of amides is 1. The van der Waals surface area contributed by atoms with Crippen LogP contribution in [0, 0.1) is 10.1 Å². The highest BCUT2D eigenvalue weighted by atomic mass is 16.6. The van der Waals surface area contributed by atoms with E-state index in [0.29, 0.717) is 11.5 Å². The van der Waals surface area contributed by atoms with Crippen molar-refractivity contribution < 1.29 is 23.9 Å². The van der Waals surface area contributed by atoms with Crippen LogP contribution in [0.4, 0.5) is 5.69 Å². The molecule has 10 heteroatoms. The van der Waals surface area contributed by atoms with Crippen LogP contribution in [0.2, 0.25) is 0 Å².